The van der Waals surface area contributed by atoms with E-state index in [-0.39, 0.29) is 37.2 Å². The first-order chi connectivity index (χ1) is 11.4. The van der Waals surface area contributed by atoms with E-state index in [1.807, 2.05) is 0 Å². The van der Waals surface area contributed by atoms with Gasteiger partial charge in [-0.3, -0.25) is 0 Å². The molecule has 0 atom stereocenters. The van der Waals surface area contributed by atoms with Crippen LogP contribution in [0, 0.1) is 0 Å². The molecule has 3 N–H and O–H groups in total. The van der Waals surface area contributed by atoms with Crippen molar-refractivity contribution in [3.8, 4) is 0 Å². The molecule has 1 heterocycles. The Morgan fingerprint density at radius 2 is 0.962 bits per heavy atom. The molecular formula is C20H46Cl3N3. The fraction of sp³-hybridized carbons (Fsp3) is 1.00. The Kier molecular flexibility index (Phi) is 31.1. The summed E-state index contributed by atoms with van der Waals surface area (Å²) in [6.07, 6.45) is 19.8. The zero-order valence-electron chi connectivity index (χ0n) is 16.9. The van der Waals surface area contributed by atoms with Gasteiger partial charge in [0.15, 0.2) is 0 Å². The van der Waals surface area contributed by atoms with Crippen molar-refractivity contribution >= 4 is 37.2 Å². The third-order valence-electron chi connectivity index (χ3n) is 5.08. The molecule has 0 radical (unpaired) electrons. The average molecular weight is 435 g/mol. The lowest BCUT2D eigenvalue weighted by Gasteiger charge is -2.22. The van der Waals surface area contributed by atoms with Gasteiger partial charge in [-0.05, 0) is 65.0 Å². The van der Waals surface area contributed by atoms with Crippen molar-refractivity contribution in [3.05, 3.63) is 0 Å². The minimum Gasteiger partial charge on any atom is -0.330 e. The van der Waals surface area contributed by atoms with Crippen LogP contribution < -0.4 is 11.1 Å². The maximum atomic E-state index is 5.53. The van der Waals surface area contributed by atoms with Gasteiger partial charge < -0.3 is 16.0 Å². The quantitative estimate of drug-likeness (QED) is 0.514. The van der Waals surface area contributed by atoms with Crippen molar-refractivity contribution < 1.29 is 0 Å². The normalized spacial score (nSPS) is 18.3. The molecule has 0 aliphatic carbocycles. The van der Waals surface area contributed by atoms with Crippen molar-refractivity contribution in [2.45, 2.75) is 89.9 Å². The van der Waals surface area contributed by atoms with Gasteiger partial charge in [0.1, 0.15) is 0 Å². The number of nitrogens with one attached hydrogen (secondary N) is 1. The lowest BCUT2D eigenvalue weighted by molar-refractivity contribution is 0.256. The molecule has 6 heteroatoms. The summed E-state index contributed by atoms with van der Waals surface area (Å²) in [4.78, 5) is 2.73. The summed E-state index contributed by atoms with van der Waals surface area (Å²) in [6, 6.07) is 0. The van der Waals surface area contributed by atoms with Gasteiger partial charge in [0.05, 0.1) is 0 Å². The fourth-order valence-corrected chi connectivity index (χ4v) is 3.55. The fourth-order valence-electron chi connectivity index (χ4n) is 3.55. The van der Waals surface area contributed by atoms with Crippen molar-refractivity contribution in [2.75, 3.05) is 39.3 Å². The molecule has 162 valence electrons. The number of nitrogens with two attached hydrogens (primary N) is 1. The first kappa shape index (κ1) is 31.4. The minimum atomic E-state index is 0. The molecule has 0 amide bonds. The van der Waals surface area contributed by atoms with E-state index in [9.17, 15) is 0 Å². The van der Waals surface area contributed by atoms with Crippen LogP contribution in [0.5, 0.6) is 0 Å². The van der Waals surface area contributed by atoms with Crippen LogP contribution in [0.3, 0.4) is 0 Å². The van der Waals surface area contributed by atoms with E-state index in [1.54, 1.807) is 0 Å². The summed E-state index contributed by atoms with van der Waals surface area (Å²) >= 11 is 0. The maximum Gasteiger partial charge on any atom is -0.000664 e. The predicted molar refractivity (Wildman–Crippen MR) is 125 cm³/mol. The molecule has 0 bridgehead atoms. The summed E-state index contributed by atoms with van der Waals surface area (Å²) in [7, 11) is 0. The van der Waals surface area contributed by atoms with Gasteiger partial charge in [0.25, 0.3) is 0 Å². The van der Waals surface area contributed by atoms with Gasteiger partial charge in [-0.1, -0.05) is 64.2 Å². The molecule has 1 rings (SSSR count). The molecule has 0 aromatic heterocycles. The molecule has 1 aliphatic rings. The van der Waals surface area contributed by atoms with E-state index in [0.717, 1.165) is 26.1 Å². The van der Waals surface area contributed by atoms with Crippen molar-refractivity contribution in [3.63, 3.8) is 0 Å². The van der Waals surface area contributed by atoms with Crippen LogP contribution in [0.25, 0.3) is 0 Å². The van der Waals surface area contributed by atoms with E-state index in [1.165, 1.54) is 103 Å². The zero-order chi connectivity index (χ0) is 16.4. The summed E-state index contributed by atoms with van der Waals surface area (Å²) in [6.45, 7) is 6.95. The number of nitrogens with zero attached hydrogens (tertiary/aromatic N) is 1. The Hall–Kier alpha value is 0.750. The van der Waals surface area contributed by atoms with Gasteiger partial charge in [-0.2, -0.15) is 0 Å². The molecule has 0 unspecified atom stereocenters. The second-order valence-electron chi connectivity index (χ2n) is 7.33. The Morgan fingerprint density at radius 3 is 1.38 bits per heavy atom. The first-order valence-corrected chi connectivity index (χ1v) is 10.6. The number of halogens is 3. The van der Waals surface area contributed by atoms with E-state index in [0.29, 0.717) is 0 Å². The summed E-state index contributed by atoms with van der Waals surface area (Å²) in [5.74, 6) is 0. The number of rotatable bonds is 7. The molecule has 0 aromatic carbocycles. The van der Waals surface area contributed by atoms with Crippen LogP contribution in [-0.4, -0.2) is 44.2 Å². The van der Waals surface area contributed by atoms with Crippen molar-refractivity contribution in [2.24, 2.45) is 5.73 Å². The van der Waals surface area contributed by atoms with Crippen LogP contribution >= 0.6 is 37.2 Å². The van der Waals surface area contributed by atoms with Gasteiger partial charge in [-0.25, -0.2) is 0 Å². The topological polar surface area (TPSA) is 41.3 Å². The highest BCUT2D eigenvalue weighted by molar-refractivity contribution is 5.86. The van der Waals surface area contributed by atoms with E-state index in [2.05, 4.69) is 10.2 Å². The molecule has 1 saturated heterocycles. The largest absolute Gasteiger partial charge is 0.330 e. The smallest absolute Gasteiger partial charge is 0.000664 e. The summed E-state index contributed by atoms with van der Waals surface area (Å²) < 4.78 is 0. The SMILES string of the molecule is Cl.Cl.Cl.NCCCNCCCN1CCCCCCCCCCCCCC1. The zero-order valence-corrected chi connectivity index (χ0v) is 19.3. The average Bonchev–Trinajstić information content (AvgIpc) is 2.57. The number of hydrogen-bond acceptors (Lipinski definition) is 3. The predicted octanol–water partition coefficient (Wildman–Crippen LogP) is 5.58. The highest BCUT2D eigenvalue weighted by Gasteiger charge is 2.05. The molecule has 26 heavy (non-hydrogen) atoms. The first-order valence-electron chi connectivity index (χ1n) is 10.6. The second kappa shape index (κ2) is 25.8. The van der Waals surface area contributed by atoms with Crippen LogP contribution in [-0.2, 0) is 0 Å². The van der Waals surface area contributed by atoms with E-state index >= 15 is 0 Å². The standard InChI is InChI=1S/C20H43N3.3ClH/c21-15-13-16-22-17-14-20-23-18-11-9-7-5-3-1-2-4-6-8-10-12-19-23;;;/h22H,1-21H2;3*1H. The molecule has 3 nitrogen and oxygen atoms in total. The Labute approximate surface area is 182 Å². The van der Waals surface area contributed by atoms with Gasteiger partial charge in [-0.15, -0.1) is 37.2 Å². The highest BCUT2D eigenvalue weighted by Crippen LogP contribution is 2.13. The molecule has 1 aliphatic heterocycles. The molecular weight excluding hydrogens is 389 g/mol. The lowest BCUT2D eigenvalue weighted by Crippen LogP contribution is -2.30. The summed E-state index contributed by atoms with van der Waals surface area (Å²) in [5.41, 5.74) is 5.53. The van der Waals surface area contributed by atoms with Crippen molar-refractivity contribution in [1.29, 1.82) is 0 Å². The molecule has 0 saturated carbocycles. The lowest BCUT2D eigenvalue weighted by atomic mass is 10.1. The minimum absolute atomic E-state index is 0. The van der Waals surface area contributed by atoms with E-state index < -0.39 is 0 Å². The molecule has 0 spiro atoms. The Morgan fingerprint density at radius 1 is 0.577 bits per heavy atom. The van der Waals surface area contributed by atoms with Crippen LogP contribution in [0.2, 0.25) is 0 Å². The maximum absolute atomic E-state index is 5.53. The van der Waals surface area contributed by atoms with Gasteiger partial charge in [0.2, 0.25) is 0 Å². The van der Waals surface area contributed by atoms with Crippen molar-refractivity contribution in [1.82, 2.24) is 10.2 Å². The Bertz CT molecular complexity index is 230. The molecule has 0 aromatic rings. The molecule has 1 fully saturated rings. The Balaban J connectivity index is -0.00000176. The third kappa shape index (κ3) is 21.1. The summed E-state index contributed by atoms with van der Waals surface area (Å²) in [5, 5.41) is 3.51. The van der Waals surface area contributed by atoms with Gasteiger partial charge >= 0.3 is 0 Å². The van der Waals surface area contributed by atoms with E-state index in [4.69, 9.17) is 5.73 Å². The van der Waals surface area contributed by atoms with Crippen LogP contribution in [0.1, 0.15) is 89.9 Å². The second-order valence-corrected chi connectivity index (χ2v) is 7.33. The number of hydrogen-bond donors (Lipinski definition) is 2. The van der Waals surface area contributed by atoms with Crippen LogP contribution in [0.4, 0.5) is 0 Å². The monoisotopic (exact) mass is 433 g/mol. The highest BCUT2D eigenvalue weighted by atomic mass is 35.5. The van der Waals surface area contributed by atoms with Gasteiger partial charge in [0, 0.05) is 0 Å². The van der Waals surface area contributed by atoms with Crippen LogP contribution in [0.15, 0.2) is 0 Å². The third-order valence-corrected chi connectivity index (χ3v) is 5.08.